The van der Waals surface area contributed by atoms with Gasteiger partial charge in [0.1, 0.15) is 0 Å². The average Bonchev–Trinajstić information content (AvgIpc) is 3.31. The highest BCUT2D eigenvalue weighted by Gasteiger charge is 2.25. The Kier molecular flexibility index (Phi) is 8.37. The van der Waals surface area contributed by atoms with Crippen LogP contribution in [0.5, 0.6) is 0 Å². The lowest BCUT2D eigenvalue weighted by Crippen LogP contribution is -2.53. The lowest BCUT2D eigenvalue weighted by atomic mass is 10.2. The van der Waals surface area contributed by atoms with Crippen LogP contribution in [0, 0.1) is 0 Å². The Morgan fingerprint density at radius 3 is 2.34 bits per heavy atom. The minimum atomic E-state index is -0.0302. The Bertz CT molecular complexity index is 632. The number of rotatable bonds is 7. The Balaban J connectivity index is 1.30. The molecule has 0 radical (unpaired) electrons. The van der Waals surface area contributed by atoms with E-state index in [4.69, 9.17) is 4.42 Å². The van der Waals surface area contributed by atoms with E-state index in [-0.39, 0.29) is 5.91 Å². The molecule has 3 heterocycles. The third-order valence-corrected chi connectivity index (χ3v) is 5.91. The van der Waals surface area contributed by atoms with Crippen molar-refractivity contribution in [1.29, 1.82) is 0 Å². The predicted octanol–water partition coefficient (Wildman–Crippen LogP) is 1.03. The van der Waals surface area contributed by atoms with Crippen LogP contribution in [-0.4, -0.2) is 111 Å². The molecule has 2 fully saturated rings. The van der Waals surface area contributed by atoms with E-state index in [1.807, 2.05) is 11.9 Å². The smallest absolute Gasteiger partial charge is 0.289 e. The van der Waals surface area contributed by atoms with E-state index < -0.39 is 0 Å². The van der Waals surface area contributed by atoms with Crippen LogP contribution < -0.4 is 5.32 Å². The number of nitrogens with one attached hydrogen (secondary N) is 1. The number of furan rings is 1. The lowest BCUT2D eigenvalue weighted by molar-refractivity contribution is 0.0657. The number of nitrogens with zero attached hydrogens (tertiary/aromatic N) is 5. The van der Waals surface area contributed by atoms with Crippen molar-refractivity contribution < 1.29 is 9.21 Å². The van der Waals surface area contributed by atoms with Crippen molar-refractivity contribution in [3.8, 4) is 0 Å². The molecule has 1 aromatic heterocycles. The summed E-state index contributed by atoms with van der Waals surface area (Å²) in [6.45, 7) is 13.3. The third-order valence-electron chi connectivity index (χ3n) is 5.91. The summed E-state index contributed by atoms with van der Waals surface area (Å²) in [5.74, 6) is 1.32. The van der Waals surface area contributed by atoms with Gasteiger partial charge in [0.15, 0.2) is 11.7 Å². The first-order chi connectivity index (χ1) is 14.2. The number of guanidine groups is 1. The second-order valence-corrected chi connectivity index (χ2v) is 7.71. The first-order valence-corrected chi connectivity index (χ1v) is 10.9. The summed E-state index contributed by atoms with van der Waals surface area (Å²) < 4.78 is 5.23. The molecule has 0 saturated carbocycles. The number of carbonyl (C=O) groups is 1. The van der Waals surface area contributed by atoms with E-state index in [1.165, 1.54) is 45.7 Å². The Labute approximate surface area is 174 Å². The van der Waals surface area contributed by atoms with Gasteiger partial charge in [-0.15, -0.1) is 0 Å². The van der Waals surface area contributed by atoms with E-state index >= 15 is 0 Å². The van der Waals surface area contributed by atoms with Gasteiger partial charge in [-0.2, -0.15) is 0 Å². The fourth-order valence-electron chi connectivity index (χ4n) is 4.00. The van der Waals surface area contributed by atoms with Gasteiger partial charge in [0, 0.05) is 66.0 Å². The molecule has 0 aromatic carbocycles. The standard InChI is InChI=1S/C21H36N6O2/c1-3-24-10-12-25(13-11-24)9-5-4-8-23-21(22-2)27-16-14-26(15-17-27)20(28)19-7-6-18-29-19/h6-7,18H,3-5,8-17H2,1-2H3,(H,22,23). The maximum absolute atomic E-state index is 12.4. The molecule has 1 N–H and O–H groups in total. The second kappa shape index (κ2) is 11.2. The molecule has 162 valence electrons. The van der Waals surface area contributed by atoms with E-state index in [0.717, 1.165) is 32.0 Å². The predicted molar refractivity (Wildman–Crippen MR) is 115 cm³/mol. The van der Waals surface area contributed by atoms with Crippen molar-refractivity contribution in [2.45, 2.75) is 19.8 Å². The summed E-state index contributed by atoms with van der Waals surface area (Å²) in [5.41, 5.74) is 0. The molecule has 8 nitrogen and oxygen atoms in total. The number of aliphatic imine (C=N–C) groups is 1. The van der Waals surface area contributed by atoms with Crippen molar-refractivity contribution >= 4 is 11.9 Å². The maximum atomic E-state index is 12.4. The molecule has 1 aromatic rings. The maximum Gasteiger partial charge on any atom is 0.289 e. The Morgan fingerprint density at radius 2 is 1.72 bits per heavy atom. The van der Waals surface area contributed by atoms with Crippen LogP contribution in [0.25, 0.3) is 0 Å². The summed E-state index contributed by atoms with van der Waals surface area (Å²) in [6.07, 6.45) is 3.89. The highest BCUT2D eigenvalue weighted by molar-refractivity contribution is 5.91. The monoisotopic (exact) mass is 404 g/mol. The summed E-state index contributed by atoms with van der Waals surface area (Å²) in [6, 6.07) is 3.47. The molecule has 1 amide bonds. The van der Waals surface area contributed by atoms with Crippen LogP contribution in [0.2, 0.25) is 0 Å². The van der Waals surface area contributed by atoms with Gasteiger partial charge in [0.2, 0.25) is 0 Å². The number of likely N-dealkylation sites (N-methyl/N-ethyl adjacent to an activating group) is 1. The minimum absolute atomic E-state index is 0.0302. The number of piperazine rings is 2. The number of amides is 1. The molecule has 0 atom stereocenters. The molecule has 8 heteroatoms. The zero-order valence-corrected chi connectivity index (χ0v) is 18.0. The van der Waals surface area contributed by atoms with E-state index in [0.29, 0.717) is 18.8 Å². The van der Waals surface area contributed by atoms with Crippen molar-refractivity contribution in [2.75, 3.05) is 79.0 Å². The van der Waals surface area contributed by atoms with Crippen molar-refractivity contribution in [3.05, 3.63) is 24.2 Å². The average molecular weight is 405 g/mol. The van der Waals surface area contributed by atoms with Gasteiger partial charge in [0.05, 0.1) is 6.26 Å². The first kappa shape index (κ1) is 21.6. The van der Waals surface area contributed by atoms with Gasteiger partial charge >= 0.3 is 0 Å². The zero-order valence-electron chi connectivity index (χ0n) is 18.0. The Hall–Kier alpha value is -2.06. The second-order valence-electron chi connectivity index (χ2n) is 7.71. The van der Waals surface area contributed by atoms with Gasteiger partial charge in [0.25, 0.3) is 5.91 Å². The van der Waals surface area contributed by atoms with Gasteiger partial charge in [-0.1, -0.05) is 6.92 Å². The molecule has 0 spiro atoms. The van der Waals surface area contributed by atoms with Crippen LogP contribution >= 0.6 is 0 Å². The molecule has 0 aliphatic carbocycles. The summed E-state index contributed by atoms with van der Waals surface area (Å²) in [7, 11) is 1.83. The van der Waals surface area contributed by atoms with Gasteiger partial charge in [-0.25, -0.2) is 0 Å². The molecule has 2 aliphatic rings. The van der Waals surface area contributed by atoms with Crippen molar-refractivity contribution in [1.82, 2.24) is 24.9 Å². The van der Waals surface area contributed by atoms with E-state index in [9.17, 15) is 4.79 Å². The van der Waals surface area contributed by atoms with Crippen LogP contribution in [0.1, 0.15) is 30.3 Å². The molecule has 2 saturated heterocycles. The molecule has 0 bridgehead atoms. The highest BCUT2D eigenvalue weighted by Crippen LogP contribution is 2.09. The molecule has 0 unspecified atom stereocenters. The first-order valence-electron chi connectivity index (χ1n) is 10.9. The molecule has 3 rings (SSSR count). The van der Waals surface area contributed by atoms with Gasteiger partial charge < -0.3 is 29.3 Å². The van der Waals surface area contributed by atoms with Crippen LogP contribution in [-0.2, 0) is 0 Å². The van der Waals surface area contributed by atoms with E-state index in [1.54, 1.807) is 18.4 Å². The SMILES string of the molecule is CCN1CCN(CCCCNC(=NC)N2CCN(C(=O)c3ccco3)CC2)CC1. The lowest BCUT2D eigenvalue weighted by Gasteiger charge is -2.36. The molecule has 2 aliphatic heterocycles. The third kappa shape index (κ3) is 6.21. The topological polar surface area (TPSA) is 67.6 Å². The van der Waals surface area contributed by atoms with Crippen LogP contribution in [0.4, 0.5) is 0 Å². The largest absolute Gasteiger partial charge is 0.459 e. The summed E-state index contributed by atoms with van der Waals surface area (Å²) >= 11 is 0. The summed E-state index contributed by atoms with van der Waals surface area (Å²) in [4.78, 5) is 26.0. The Morgan fingerprint density at radius 1 is 1.03 bits per heavy atom. The van der Waals surface area contributed by atoms with E-state index in [2.05, 4.69) is 31.9 Å². The van der Waals surface area contributed by atoms with Crippen LogP contribution in [0.3, 0.4) is 0 Å². The van der Waals surface area contributed by atoms with Gasteiger partial charge in [-0.05, 0) is 38.1 Å². The fraction of sp³-hybridized carbons (Fsp3) is 0.714. The molecule has 29 heavy (non-hydrogen) atoms. The number of hydrogen-bond donors (Lipinski definition) is 1. The number of hydrogen-bond acceptors (Lipinski definition) is 5. The highest BCUT2D eigenvalue weighted by atomic mass is 16.3. The normalized spacial score (nSPS) is 19.6. The number of carbonyl (C=O) groups excluding carboxylic acids is 1. The quantitative estimate of drug-likeness (QED) is 0.416. The van der Waals surface area contributed by atoms with Crippen molar-refractivity contribution in [3.63, 3.8) is 0 Å². The summed E-state index contributed by atoms with van der Waals surface area (Å²) in [5, 5.41) is 3.49. The molecular weight excluding hydrogens is 368 g/mol. The minimum Gasteiger partial charge on any atom is -0.459 e. The fourth-order valence-corrected chi connectivity index (χ4v) is 4.00. The van der Waals surface area contributed by atoms with Gasteiger partial charge in [-0.3, -0.25) is 9.79 Å². The van der Waals surface area contributed by atoms with Crippen molar-refractivity contribution in [2.24, 2.45) is 4.99 Å². The van der Waals surface area contributed by atoms with Crippen LogP contribution in [0.15, 0.2) is 27.8 Å². The molecular formula is C21H36N6O2. The number of unbranched alkanes of at least 4 members (excludes halogenated alkanes) is 1. The zero-order chi connectivity index (χ0) is 20.5.